The molecule has 0 saturated carbocycles. The van der Waals surface area contributed by atoms with Crippen molar-refractivity contribution in [2.24, 2.45) is 0 Å². The third-order valence-electron chi connectivity index (χ3n) is 2.89. The Morgan fingerprint density at radius 1 is 1.47 bits per heavy atom. The first-order valence-electron chi connectivity index (χ1n) is 5.36. The summed E-state index contributed by atoms with van der Waals surface area (Å²) in [5.74, 6) is 0. The smallest absolute Gasteiger partial charge is 0.0700 e. The lowest BCUT2D eigenvalue weighted by Crippen LogP contribution is -2.34. The first-order valence-corrected chi connectivity index (χ1v) is 5.73. The van der Waals surface area contributed by atoms with Crippen molar-refractivity contribution in [3.05, 3.63) is 34.9 Å². The first kappa shape index (κ1) is 10.9. The van der Waals surface area contributed by atoms with Gasteiger partial charge in [0.05, 0.1) is 6.10 Å². The van der Waals surface area contributed by atoms with E-state index in [0.717, 1.165) is 30.2 Å². The van der Waals surface area contributed by atoms with Crippen LogP contribution in [0.2, 0.25) is 5.02 Å². The molecular weight excluding hydrogens is 210 g/mol. The second-order valence-corrected chi connectivity index (χ2v) is 4.35. The molecule has 0 amide bonds. The summed E-state index contributed by atoms with van der Waals surface area (Å²) < 4.78 is 5.49. The molecule has 0 aromatic heterocycles. The van der Waals surface area contributed by atoms with E-state index in [1.54, 1.807) is 0 Å². The largest absolute Gasteiger partial charge is 0.377 e. The van der Waals surface area contributed by atoms with E-state index < -0.39 is 0 Å². The van der Waals surface area contributed by atoms with E-state index in [1.165, 1.54) is 0 Å². The lowest BCUT2D eigenvalue weighted by Gasteiger charge is -2.16. The van der Waals surface area contributed by atoms with E-state index in [0.29, 0.717) is 12.1 Å². The third kappa shape index (κ3) is 2.71. The summed E-state index contributed by atoms with van der Waals surface area (Å²) in [5, 5.41) is 4.31. The van der Waals surface area contributed by atoms with Gasteiger partial charge in [0, 0.05) is 24.2 Å². The van der Waals surface area contributed by atoms with E-state index in [2.05, 4.69) is 18.3 Å². The van der Waals surface area contributed by atoms with Gasteiger partial charge in [-0.1, -0.05) is 29.8 Å². The van der Waals surface area contributed by atoms with Crippen molar-refractivity contribution in [3.63, 3.8) is 0 Å². The van der Waals surface area contributed by atoms with Crippen LogP contribution in [0.25, 0.3) is 0 Å². The van der Waals surface area contributed by atoms with Gasteiger partial charge in [0.15, 0.2) is 0 Å². The van der Waals surface area contributed by atoms with E-state index >= 15 is 0 Å². The summed E-state index contributed by atoms with van der Waals surface area (Å²) in [6.45, 7) is 3.79. The average molecular weight is 226 g/mol. The molecule has 0 spiro atoms. The van der Waals surface area contributed by atoms with E-state index in [-0.39, 0.29) is 0 Å². The van der Waals surface area contributed by atoms with Gasteiger partial charge in [-0.3, -0.25) is 0 Å². The highest BCUT2D eigenvalue weighted by Gasteiger charge is 2.23. The van der Waals surface area contributed by atoms with Crippen LogP contribution in [-0.2, 0) is 11.3 Å². The zero-order valence-electron chi connectivity index (χ0n) is 8.87. The number of benzene rings is 1. The fourth-order valence-electron chi connectivity index (χ4n) is 1.88. The molecule has 2 atom stereocenters. The highest BCUT2D eigenvalue weighted by atomic mass is 35.5. The molecule has 1 aromatic rings. The normalized spacial score (nSPS) is 25.7. The summed E-state index contributed by atoms with van der Waals surface area (Å²) in [5.41, 5.74) is 1.15. The molecule has 15 heavy (non-hydrogen) atoms. The third-order valence-corrected chi connectivity index (χ3v) is 3.26. The van der Waals surface area contributed by atoms with Gasteiger partial charge in [0.1, 0.15) is 0 Å². The summed E-state index contributed by atoms with van der Waals surface area (Å²) in [7, 11) is 0. The maximum Gasteiger partial charge on any atom is 0.0700 e. The fraction of sp³-hybridized carbons (Fsp3) is 0.500. The minimum absolute atomic E-state index is 0.312. The molecule has 1 aliphatic heterocycles. The van der Waals surface area contributed by atoms with Crippen LogP contribution < -0.4 is 5.32 Å². The maximum atomic E-state index is 6.07. The predicted octanol–water partition coefficient (Wildman–Crippen LogP) is 2.61. The van der Waals surface area contributed by atoms with Gasteiger partial charge in [-0.2, -0.15) is 0 Å². The van der Waals surface area contributed by atoms with Crippen molar-refractivity contribution < 1.29 is 4.74 Å². The van der Waals surface area contributed by atoms with Gasteiger partial charge in [-0.05, 0) is 25.0 Å². The Labute approximate surface area is 95.6 Å². The number of halogens is 1. The fourth-order valence-corrected chi connectivity index (χ4v) is 2.09. The molecule has 1 heterocycles. The van der Waals surface area contributed by atoms with Gasteiger partial charge in [0.25, 0.3) is 0 Å². The molecule has 1 saturated heterocycles. The van der Waals surface area contributed by atoms with Crippen LogP contribution in [0.3, 0.4) is 0 Å². The maximum absolute atomic E-state index is 6.07. The molecule has 0 aliphatic carbocycles. The zero-order chi connectivity index (χ0) is 10.7. The van der Waals surface area contributed by atoms with Crippen molar-refractivity contribution in [2.45, 2.75) is 32.0 Å². The van der Waals surface area contributed by atoms with Crippen LogP contribution >= 0.6 is 11.6 Å². The quantitative estimate of drug-likeness (QED) is 0.854. The van der Waals surface area contributed by atoms with Gasteiger partial charge < -0.3 is 10.1 Å². The molecule has 0 bridgehead atoms. The molecule has 1 N–H and O–H groups in total. The molecule has 0 radical (unpaired) electrons. The highest BCUT2D eigenvalue weighted by molar-refractivity contribution is 6.31. The number of hydrogen-bond acceptors (Lipinski definition) is 2. The van der Waals surface area contributed by atoms with E-state index in [9.17, 15) is 0 Å². The molecule has 0 unspecified atom stereocenters. The van der Waals surface area contributed by atoms with Crippen LogP contribution in [0.5, 0.6) is 0 Å². The number of rotatable bonds is 3. The Kier molecular flexibility index (Phi) is 3.62. The Balaban J connectivity index is 1.90. The van der Waals surface area contributed by atoms with Gasteiger partial charge >= 0.3 is 0 Å². The lowest BCUT2D eigenvalue weighted by atomic mass is 10.1. The number of hydrogen-bond donors (Lipinski definition) is 1. The van der Waals surface area contributed by atoms with Crippen LogP contribution in [0.4, 0.5) is 0 Å². The molecule has 82 valence electrons. The van der Waals surface area contributed by atoms with Crippen LogP contribution in [0.1, 0.15) is 18.9 Å². The Hall–Kier alpha value is -0.570. The van der Waals surface area contributed by atoms with Crippen LogP contribution in [0, 0.1) is 0 Å². The summed E-state index contributed by atoms with van der Waals surface area (Å²) in [6.07, 6.45) is 1.40. The van der Waals surface area contributed by atoms with Gasteiger partial charge in [-0.15, -0.1) is 0 Å². The zero-order valence-corrected chi connectivity index (χ0v) is 9.63. The SMILES string of the molecule is C[C@@H]1OCC[C@@H]1NCc1ccccc1Cl. The van der Waals surface area contributed by atoms with Crippen LogP contribution in [0.15, 0.2) is 24.3 Å². The van der Waals surface area contributed by atoms with Gasteiger partial charge in [-0.25, -0.2) is 0 Å². The number of ether oxygens (including phenoxy) is 1. The monoisotopic (exact) mass is 225 g/mol. The van der Waals surface area contributed by atoms with Crippen molar-refractivity contribution in [1.82, 2.24) is 5.32 Å². The van der Waals surface area contributed by atoms with E-state index in [4.69, 9.17) is 16.3 Å². The molecule has 3 heteroatoms. The van der Waals surface area contributed by atoms with Gasteiger partial charge in [0.2, 0.25) is 0 Å². The van der Waals surface area contributed by atoms with Crippen molar-refractivity contribution >= 4 is 11.6 Å². The molecule has 1 aliphatic rings. The molecule has 2 nitrogen and oxygen atoms in total. The minimum atomic E-state index is 0.312. The molecule has 1 aromatic carbocycles. The second kappa shape index (κ2) is 4.97. The molecule has 2 rings (SSSR count). The van der Waals surface area contributed by atoms with Crippen molar-refractivity contribution in [1.29, 1.82) is 0 Å². The van der Waals surface area contributed by atoms with E-state index in [1.807, 2.05) is 18.2 Å². The van der Waals surface area contributed by atoms with Crippen molar-refractivity contribution in [3.8, 4) is 0 Å². The number of nitrogens with one attached hydrogen (secondary N) is 1. The summed E-state index contributed by atoms with van der Waals surface area (Å²) >= 11 is 6.07. The predicted molar refractivity (Wildman–Crippen MR) is 62.1 cm³/mol. The molecule has 1 fully saturated rings. The average Bonchev–Trinajstić information content (AvgIpc) is 2.63. The van der Waals surface area contributed by atoms with Crippen LogP contribution in [-0.4, -0.2) is 18.8 Å². The lowest BCUT2D eigenvalue weighted by molar-refractivity contribution is 0.113. The van der Waals surface area contributed by atoms with Crippen molar-refractivity contribution in [2.75, 3.05) is 6.61 Å². The summed E-state index contributed by atoms with van der Waals surface area (Å²) in [4.78, 5) is 0. The highest BCUT2D eigenvalue weighted by Crippen LogP contribution is 2.17. The Morgan fingerprint density at radius 3 is 2.93 bits per heavy atom. The summed E-state index contributed by atoms with van der Waals surface area (Å²) in [6, 6.07) is 8.40. The Bertz CT molecular complexity index is 329. The molecular formula is C12H16ClNO. The second-order valence-electron chi connectivity index (χ2n) is 3.94. The topological polar surface area (TPSA) is 21.3 Å². The standard InChI is InChI=1S/C12H16ClNO/c1-9-12(6-7-15-9)14-8-10-4-2-3-5-11(10)13/h2-5,9,12,14H,6-8H2,1H3/t9-,12-/m0/s1. The first-order chi connectivity index (χ1) is 7.27. The minimum Gasteiger partial charge on any atom is -0.377 e. The Morgan fingerprint density at radius 2 is 2.27 bits per heavy atom.